The van der Waals surface area contributed by atoms with Crippen molar-refractivity contribution in [2.24, 2.45) is 0 Å². The molecule has 2 aromatic rings. The van der Waals surface area contributed by atoms with Gasteiger partial charge in [0.05, 0.1) is 17.6 Å². The summed E-state index contributed by atoms with van der Waals surface area (Å²) in [6.45, 7) is 4.79. The Hall–Kier alpha value is -2.81. The number of rotatable bonds is 8. The molecule has 0 bridgehead atoms. The predicted molar refractivity (Wildman–Crippen MR) is 119 cm³/mol. The van der Waals surface area contributed by atoms with Crippen molar-refractivity contribution < 1.29 is 22.7 Å². The highest BCUT2D eigenvalue weighted by Crippen LogP contribution is 2.21. The Morgan fingerprint density at radius 3 is 2.58 bits per heavy atom. The lowest BCUT2D eigenvalue weighted by atomic mass is 10.1. The molecular weight excluding hydrogens is 418 g/mol. The Bertz CT molecular complexity index is 986. The number of hydrogen-bond donors (Lipinski definition) is 0. The van der Waals surface area contributed by atoms with Crippen LogP contribution in [0.4, 0.5) is 5.69 Å². The number of benzene rings is 1. The van der Waals surface area contributed by atoms with Gasteiger partial charge >= 0.3 is 0 Å². The van der Waals surface area contributed by atoms with Gasteiger partial charge in [0.25, 0.3) is 5.91 Å². The Kier molecular flexibility index (Phi) is 7.37. The number of amides is 1. The minimum absolute atomic E-state index is 0.0200. The fourth-order valence-corrected chi connectivity index (χ4v) is 4.13. The third-order valence-electron chi connectivity index (χ3n) is 5.30. The fraction of sp³-hybridized carbons (Fsp3) is 0.455. The maximum Gasteiger partial charge on any atom is 0.260 e. The molecule has 31 heavy (non-hydrogen) atoms. The lowest BCUT2D eigenvalue weighted by Gasteiger charge is -2.32. The monoisotopic (exact) mass is 447 g/mol. The molecule has 1 saturated heterocycles. The number of aryl methyl sites for hydroxylation is 1. The van der Waals surface area contributed by atoms with Crippen molar-refractivity contribution in [3.63, 3.8) is 0 Å². The first-order valence-corrected chi connectivity index (χ1v) is 12.0. The lowest BCUT2D eigenvalue weighted by molar-refractivity contribution is -0.135. The van der Waals surface area contributed by atoms with Gasteiger partial charge in [0.15, 0.2) is 6.61 Å². The number of pyridine rings is 1. The molecule has 1 fully saturated rings. The maximum atomic E-state index is 12.4. The molecule has 1 aromatic heterocycles. The minimum atomic E-state index is -3.33. The van der Waals surface area contributed by atoms with Gasteiger partial charge in [-0.3, -0.25) is 9.10 Å². The van der Waals surface area contributed by atoms with E-state index in [-0.39, 0.29) is 24.4 Å². The number of nitrogens with zero attached hydrogens (tertiary/aromatic N) is 3. The highest BCUT2D eigenvalue weighted by atomic mass is 32.2. The van der Waals surface area contributed by atoms with Crippen LogP contribution in [0.5, 0.6) is 11.6 Å². The van der Waals surface area contributed by atoms with Crippen LogP contribution >= 0.6 is 0 Å². The molecule has 0 radical (unpaired) electrons. The van der Waals surface area contributed by atoms with Gasteiger partial charge in [-0.05, 0) is 37.6 Å². The average Bonchev–Trinajstić information content (AvgIpc) is 2.78. The number of anilines is 1. The van der Waals surface area contributed by atoms with Crippen LogP contribution in [-0.2, 0) is 14.8 Å². The third kappa shape index (κ3) is 6.10. The number of ether oxygens (including phenoxy) is 2. The molecule has 1 aliphatic rings. The van der Waals surface area contributed by atoms with E-state index in [1.807, 2.05) is 31.2 Å². The van der Waals surface area contributed by atoms with E-state index < -0.39 is 10.0 Å². The van der Waals surface area contributed by atoms with Gasteiger partial charge in [-0.25, -0.2) is 13.4 Å². The van der Waals surface area contributed by atoms with E-state index in [9.17, 15) is 13.2 Å². The van der Waals surface area contributed by atoms with Crippen molar-refractivity contribution in [2.75, 3.05) is 36.8 Å². The van der Waals surface area contributed by atoms with Crippen LogP contribution in [0.3, 0.4) is 0 Å². The molecule has 1 aliphatic heterocycles. The summed E-state index contributed by atoms with van der Waals surface area (Å²) < 4.78 is 36.7. The van der Waals surface area contributed by atoms with Gasteiger partial charge in [-0.1, -0.05) is 12.1 Å². The molecule has 0 spiro atoms. The summed E-state index contributed by atoms with van der Waals surface area (Å²) in [7, 11) is -1.82. The number of aromatic nitrogens is 1. The standard InChI is InChI=1S/C22H29N3O5S/c1-4-31(27,28)24(3)18-8-9-21(23-15-18)30-19-10-12-25(13-11-19)22(26)16-29-20-7-5-6-17(2)14-20/h5-9,14-15,19H,4,10-13,16H2,1-3H3. The van der Waals surface area contributed by atoms with E-state index in [1.54, 1.807) is 24.0 Å². The highest BCUT2D eigenvalue weighted by molar-refractivity contribution is 7.92. The van der Waals surface area contributed by atoms with Crippen LogP contribution in [0.25, 0.3) is 0 Å². The van der Waals surface area contributed by atoms with Crippen molar-refractivity contribution in [1.82, 2.24) is 9.88 Å². The maximum absolute atomic E-state index is 12.4. The summed E-state index contributed by atoms with van der Waals surface area (Å²) in [6.07, 6.45) is 2.84. The van der Waals surface area contributed by atoms with Crippen LogP contribution in [0.15, 0.2) is 42.6 Å². The van der Waals surface area contributed by atoms with Crippen molar-refractivity contribution in [3.05, 3.63) is 48.2 Å². The molecule has 168 valence electrons. The van der Waals surface area contributed by atoms with Crippen molar-refractivity contribution in [2.45, 2.75) is 32.8 Å². The van der Waals surface area contributed by atoms with E-state index in [4.69, 9.17) is 9.47 Å². The van der Waals surface area contributed by atoms with Crippen LogP contribution in [0.1, 0.15) is 25.3 Å². The van der Waals surface area contributed by atoms with Gasteiger partial charge in [-0.2, -0.15) is 0 Å². The number of likely N-dealkylation sites (tertiary alicyclic amines) is 1. The smallest absolute Gasteiger partial charge is 0.260 e. The summed E-state index contributed by atoms with van der Waals surface area (Å²) in [4.78, 5) is 18.4. The molecule has 0 saturated carbocycles. The second kappa shape index (κ2) is 10.00. The second-order valence-electron chi connectivity index (χ2n) is 7.53. The summed E-state index contributed by atoms with van der Waals surface area (Å²) in [6, 6.07) is 11.0. The van der Waals surface area contributed by atoms with Crippen LogP contribution in [0.2, 0.25) is 0 Å². The molecule has 0 aliphatic carbocycles. The van der Waals surface area contributed by atoms with Gasteiger partial charge in [0.2, 0.25) is 15.9 Å². The normalized spacial score (nSPS) is 14.9. The van der Waals surface area contributed by atoms with E-state index in [2.05, 4.69) is 4.98 Å². The van der Waals surface area contributed by atoms with Crippen LogP contribution in [0, 0.1) is 6.92 Å². The second-order valence-corrected chi connectivity index (χ2v) is 9.81. The van der Waals surface area contributed by atoms with Crippen LogP contribution in [-0.4, -0.2) is 62.8 Å². The Morgan fingerprint density at radius 2 is 1.97 bits per heavy atom. The Balaban J connectivity index is 1.46. The first-order chi connectivity index (χ1) is 14.8. The molecule has 1 amide bonds. The molecule has 0 atom stereocenters. The lowest BCUT2D eigenvalue weighted by Crippen LogP contribution is -2.43. The molecule has 8 nitrogen and oxygen atoms in total. The fourth-order valence-electron chi connectivity index (χ4n) is 3.32. The highest BCUT2D eigenvalue weighted by Gasteiger charge is 2.24. The number of carbonyl (C=O) groups excluding carboxylic acids is 1. The summed E-state index contributed by atoms with van der Waals surface area (Å²) in [5.74, 6) is 1.12. The number of hydrogen-bond acceptors (Lipinski definition) is 6. The summed E-state index contributed by atoms with van der Waals surface area (Å²) >= 11 is 0. The zero-order valence-corrected chi connectivity index (χ0v) is 19.0. The molecule has 0 N–H and O–H groups in total. The quantitative estimate of drug-likeness (QED) is 0.618. The largest absolute Gasteiger partial charge is 0.484 e. The van der Waals surface area contributed by atoms with Crippen molar-refractivity contribution in [3.8, 4) is 11.6 Å². The van der Waals surface area contributed by atoms with E-state index >= 15 is 0 Å². The summed E-state index contributed by atoms with van der Waals surface area (Å²) in [5, 5.41) is 0. The van der Waals surface area contributed by atoms with E-state index in [0.717, 1.165) is 5.56 Å². The molecule has 1 aromatic carbocycles. The van der Waals surface area contributed by atoms with Gasteiger partial charge in [0, 0.05) is 39.0 Å². The zero-order valence-electron chi connectivity index (χ0n) is 18.2. The zero-order chi connectivity index (χ0) is 22.4. The summed E-state index contributed by atoms with van der Waals surface area (Å²) in [5.41, 5.74) is 1.58. The van der Waals surface area contributed by atoms with Crippen molar-refractivity contribution in [1.29, 1.82) is 0 Å². The number of piperidine rings is 1. The Morgan fingerprint density at radius 1 is 1.23 bits per heavy atom. The minimum Gasteiger partial charge on any atom is -0.484 e. The number of carbonyl (C=O) groups is 1. The third-order valence-corrected chi connectivity index (χ3v) is 7.08. The predicted octanol–water partition coefficient (Wildman–Crippen LogP) is 2.62. The van der Waals surface area contributed by atoms with E-state index in [0.29, 0.717) is 43.2 Å². The van der Waals surface area contributed by atoms with Gasteiger partial charge in [-0.15, -0.1) is 0 Å². The van der Waals surface area contributed by atoms with Crippen molar-refractivity contribution >= 4 is 21.6 Å². The topological polar surface area (TPSA) is 89.0 Å². The molecular formula is C22H29N3O5S. The molecule has 3 rings (SSSR count). The number of sulfonamides is 1. The van der Waals surface area contributed by atoms with Gasteiger partial charge < -0.3 is 14.4 Å². The first-order valence-electron chi connectivity index (χ1n) is 10.3. The Labute approximate surface area is 183 Å². The average molecular weight is 448 g/mol. The SMILES string of the molecule is CCS(=O)(=O)N(C)c1ccc(OC2CCN(C(=O)COc3cccc(C)c3)CC2)nc1. The molecule has 0 unspecified atom stereocenters. The molecule has 9 heteroatoms. The van der Waals surface area contributed by atoms with Crippen LogP contribution < -0.4 is 13.8 Å². The first kappa shape index (κ1) is 22.9. The molecule has 2 heterocycles. The van der Waals surface area contributed by atoms with Gasteiger partial charge in [0.1, 0.15) is 11.9 Å². The van der Waals surface area contributed by atoms with E-state index in [1.165, 1.54) is 17.5 Å².